The van der Waals surface area contributed by atoms with Crippen molar-refractivity contribution in [2.75, 3.05) is 0 Å². The minimum Gasteiger partial charge on any atom is -0.282 e. The second kappa shape index (κ2) is 16.3. The Kier molecular flexibility index (Phi) is 11.8. The molecule has 8 rings (SSSR count). The molecule has 4 aliphatic carbocycles. The van der Waals surface area contributed by atoms with Gasteiger partial charge in [-0.2, -0.15) is 16.8 Å². The highest BCUT2D eigenvalue weighted by Gasteiger charge is 2.60. The lowest BCUT2D eigenvalue weighted by Gasteiger charge is -2.61. The zero-order chi connectivity index (χ0) is 41.9. The van der Waals surface area contributed by atoms with E-state index in [0.29, 0.717) is 27.5 Å². The molecule has 0 bridgehead atoms. The summed E-state index contributed by atoms with van der Waals surface area (Å²) in [4.78, 5) is -0.295. The van der Waals surface area contributed by atoms with Crippen LogP contribution in [0.4, 0.5) is 0 Å². The van der Waals surface area contributed by atoms with Crippen LogP contribution < -0.4 is 0 Å². The molecule has 0 heterocycles. The Balaban J connectivity index is 1.02. The van der Waals surface area contributed by atoms with Gasteiger partial charge in [-0.1, -0.05) is 108 Å². The van der Waals surface area contributed by atoms with Crippen LogP contribution in [0.2, 0.25) is 0 Å². The van der Waals surface area contributed by atoms with Crippen LogP contribution in [-0.4, -0.2) is 25.9 Å². The zero-order valence-corrected chi connectivity index (χ0v) is 37.5. The fourth-order valence-corrected chi connectivity index (χ4v) is 14.8. The highest BCUT2D eigenvalue weighted by Crippen LogP contribution is 2.69. The molecule has 0 amide bonds. The lowest BCUT2D eigenvalue weighted by Crippen LogP contribution is -2.53. The monoisotopic (exact) mass is 838 g/mol. The smallest absolute Gasteiger partial charge is 0.282 e. The van der Waals surface area contributed by atoms with E-state index in [2.05, 4.69) is 40.7 Å². The summed E-state index contributed by atoms with van der Waals surface area (Å²) < 4.78 is 67.8. The van der Waals surface area contributed by atoms with E-state index in [1.54, 1.807) is 12.1 Å². The molecule has 9 atom stereocenters. The van der Waals surface area contributed by atoms with Crippen molar-refractivity contribution in [3.05, 3.63) is 90.0 Å². The predicted octanol–water partition coefficient (Wildman–Crippen LogP) is 13.4. The van der Waals surface area contributed by atoms with Crippen LogP contribution in [0.15, 0.2) is 88.7 Å². The summed E-state index contributed by atoms with van der Waals surface area (Å²) in [5.41, 5.74) is 3.84. The van der Waals surface area contributed by atoms with Crippen molar-refractivity contribution in [1.29, 1.82) is 0 Å². The van der Waals surface area contributed by atoms with Gasteiger partial charge >= 0.3 is 0 Å². The molecule has 0 aromatic heterocycles. The molecule has 0 spiro atoms. The number of hydrogen-bond donors (Lipinski definition) is 2. The lowest BCUT2D eigenvalue weighted by molar-refractivity contribution is -0.121. The van der Waals surface area contributed by atoms with Crippen LogP contribution in [-0.2, 0) is 20.2 Å². The van der Waals surface area contributed by atoms with Crippen LogP contribution in [0, 0.1) is 58.2 Å². The van der Waals surface area contributed by atoms with Crippen LogP contribution in [0.3, 0.4) is 0 Å². The fraction of sp³-hybridized carbons (Fsp3) is 0.569. The van der Waals surface area contributed by atoms with E-state index < -0.39 is 20.2 Å². The molecule has 4 saturated carbocycles. The van der Waals surface area contributed by atoms with E-state index in [-0.39, 0.29) is 9.79 Å². The van der Waals surface area contributed by atoms with Gasteiger partial charge < -0.3 is 0 Å². The number of allylic oxidation sites excluding steroid dienone is 1. The first-order chi connectivity index (χ1) is 28.0. The maximum Gasteiger partial charge on any atom is 0.294 e. The van der Waals surface area contributed by atoms with Crippen molar-refractivity contribution in [2.24, 2.45) is 58.2 Å². The van der Waals surface area contributed by atoms with E-state index in [4.69, 9.17) is 0 Å². The Morgan fingerprint density at radius 1 is 0.712 bits per heavy atom. The van der Waals surface area contributed by atoms with Gasteiger partial charge in [-0.3, -0.25) is 9.11 Å². The van der Waals surface area contributed by atoms with Gasteiger partial charge in [0.2, 0.25) is 0 Å². The summed E-state index contributed by atoms with van der Waals surface area (Å²) in [7, 11) is -8.75. The van der Waals surface area contributed by atoms with E-state index in [9.17, 15) is 25.9 Å². The largest absolute Gasteiger partial charge is 0.294 e. The standard InChI is InChI=1S/C51H66O6S2/c1-33(2)10-6-11-34(3)47-24-25-48-46-21-18-38-30-35(26-28-50(38,4)49(46)27-29-51(47,48)5)12-7-15-45(43-16-8-13-36-31-39(58(52,53)54)19-22-41(36)43)44-17-9-14-37-32-40(59(55,56)57)20-23-42(37)44/h8-9,13-17,19-20,22-23,31-35,38,46-49H,6-7,10-12,18,21,24-30H2,1-5H3,(H,52,53,54)(H,55,56,57)/t34?,35?,38?,46-,47+,48-,49-,50-,51+/m0/s1. The zero-order valence-electron chi connectivity index (χ0n) is 35.9. The van der Waals surface area contributed by atoms with Gasteiger partial charge in [0.15, 0.2) is 0 Å². The molecule has 318 valence electrons. The normalized spacial score (nSPS) is 30.2. The van der Waals surface area contributed by atoms with Crippen LogP contribution in [0.1, 0.15) is 136 Å². The Morgan fingerprint density at radius 3 is 1.90 bits per heavy atom. The molecular formula is C51H66O6S2. The first-order valence-electron chi connectivity index (χ1n) is 22.7. The van der Waals surface area contributed by atoms with E-state index in [1.165, 1.54) is 101 Å². The Morgan fingerprint density at radius 2 is 1.31 bits per heavy atom. The molecule has 8 heteroatoms. The number of hydrogen-bond acceptors (Lipinski definition) is 4. The van der Waals surface area contributed by atoms with Gasteiger partial charge in [0, 0.05) is 0 Å². The quantitative estimate of drug-likeness (QED) is 0.138. The Labute approximate surface area is 354 Å². The van der Waals surface area contributed by atoms with Crippen molar-refractivity contribution in [3.8, 4) is 0 Å². The lowest BCUT2D eigenvalue weighted by atomic mass is 9.44. The number of fused-ring (bicyclic) bond motifs is 7. The van der Waals surface area contributed by atoms with Gasteiger partial charge in [-0.25, -0.2) is 0 Å². The number of rotatable bonds is 12. The molecule has 0 radical (unpaired) electrons. The van der Waals surface area contributed by atoms with E-state index in [0.717, 1.165) is 81.7 Å². The summed E-state index contributed by atoms with van der Waals surface area (Å²) in [5.74, 6) is 6.65. The third-order valence-electron chi connectivity index (χ3n) is 16.8. The fourth-order valence-electron chi connectivity index (χ4n) is 13.8. The predicted molar refractivity (Wildman–Crippen MR) is 240 cm³/mol. The molecule has 6 nitrogen and oxygen atoms in total. The summed E-state index contributed by atoms with van der Waals surface area (Å²) in [6.45, 7) is 12.7. The minimum atomic E-state index is -4.37. The Hall–Kier alpha value is -3.04. The first kappa shape index (κ1) is 42.6. The molecule has 59 heavy (non-hydrogen) atoms. The maximum atomic E-state index is 12.0. The first-order valence-corrected chi connectivity index (χ1v) is 25.6. The summed E-state index contributed by atoms with van der Waals surface area (Å²) in [6, 6.07) is 21.1. The van der Waals surface area contributed by atoms with Crippen molar-refractivity contribution < 1.29 is 25.9 Å². The van der Waals surface area contributed by atoms with Crippen LogP contribution in [0.5, 0.6) is 0 Å². The second-order valence-electron chi connectivity index (χ2n) is 20.4. The molecule has 4 aliphatic rings. The van der Waals surface area contributed by atoms with Crippen LogP contribution in [0.25, 0.3) is 27.1 Å². The molecule has 0 aliphatic heterocycles. The second-order valence-corrected chi connectivity index (χ2v) is 23.2. The highest BCUT2D eigenvalue weighted by atomic mass is 32.2. The molecule has 4 aromatic rings. The van der Waals surface area contributed by atoms with Crippen molar-refractivity contribution in [1.82, 2.24) is 0 Å². The number of benzene rings is 4. The van der Waals surface area contributed by atoms with Crippen molar-refractivity contribution in [3.63, 3.8) is 0 Å². The molecule has 2 N–H and O–H groups in total. The maximum absolute atomic E-state index is 12.0. The van der Waals surface area contributed by atoms with Gasteiger partial charge in [-0.05, 0) is 191 Å². The molecule has 4 fully saturated rings. The minimum absolute atomic E-state index is 0.147. The molecule has 4 aromatic carbocycles. The summed E-state index contributed by atoms with van der Waals surface area (Å²) in [5, 5.41) is 3.13. The third-order valence-corrected chi connectivity index (χ3v) is 18.5. The third kappa shape index (κ3) is 8.22. The van der Waals surface area contributed by atoms with Crippen molar-refractivity contribution >= 4 is 47.4 Å². The average molecular weight is 839 g/mol. The van der Waals surface area contributed by atoms with Gasteiger partial charge in [0.1, 0.15) is 0 Å². The Bertz CT molecular complexity index is 2340. The van der Waals surface area contributed by atoms with E-state index in [1.807, 2.05) is 36.4 Å². The van der Waals surface area contributed by atoms with Crippen molar-refractivity contribution in [2.45, 2.75) is 134 Å². The van der Waals surface area contributed by atoms with Crippen LogP contribution >= 0.6 is 0 Å². The van der Waals surface area contributed by atoms with Gasteiger partial charge in [0.05, 0.1) is 9.79 Å². The summed E-state index contributed by atoms with van der Waals surface area (Å²) in [6.07, 6.45) is 20.9. The molecular weight excluding hydrogens is 773 g/mol. The summed E-state index contributed by atoms with van der Waals surface area (Å²) >= 11 is 0. The SMILES string of the molecule is CC(C)CCCC(C)[C@H]1CC[C@H]2[C@@H]3CCC4CC(CCC=C(c5cccc6cc(S(=O)(=O)O)ccc56)c5cccc6cc(S(=O)(=O)O)ccc56)CC[C@]4(C)[C@H]3CC[C@]12C. The average Bonchev–Trinajstić information content (AvgIpc) is 3.55. The highest BCUT2D eigenvalue weighted by molar-refractivity contribution is 7.86. The topological polar surface area (TPSA) is 109 Å². The van der Waals surface area contributed by atoms with E-state index >= 15 is 0 Å². The molecule has 3 unspecified atom stereocenters. The van der Waals surface area contributed by atoms with Gasteiger partial charge in [0.25, 0.3) is 20.2 Å². The van der Waals surface area contributed by atoms with Gasteiger partial charge in [-0.15, -0.1) is 0 Å². The molecule has 0 saturated heterocycles.